The third-order valence-corrected chi connectivity index (χ3v) is 4.41. The summed E-state index contributed by atoms with van der Waals surface area (Å²) in [5.41, 5.74) is 0.777. The van der Waals surface area contributed by atoms with Crippen molar-refractivity contribution in [2.45, 2.75) is 12.8 Å². The Labute approximate surface area is 159 Å². The number of nitrogens with zero attached hydrogens (tertiary/aromatic N) is 2. The van der Waals surface area contributed by atoms with Crippen LogP contribution in [0.1, 0.15) is 33.6 Å². The van der Waals surface area contributed by atoms with Crippen molar-refractivity contribution in [3.8, 4) is 5.75 Å². The fourth-order valence-corrected chi connectivity index (χ4v) is 3.08. The summed E-state index contributed by atoms with van der Waals surface area (Å²) in [6.07, 6.45) is 0.428. The minimum Gasteiger partial charge on any atom is -0.480 e. The Morgan fingerprint density at radius 2 is 1.82 bits per heavy atom. The van der Waals surface area contributed by atoms with Gasteiger partial charge in [-0.1, -0.05) is 12.1 Å². The molecule has 0 unspecified atom stereocenters. The van der Waals surface area contributed by atoms with E-state index in [0.717, 1.165) is 4.90 Å². The maximum atomic E-state index is 12.3. The zero-order valence-electron chi connectivity index (χ0n) is 14.7. The lowest BCUT2D eigenvalue weighted by atomic mass is 10.1. The van der Waals surface area contributed by atoms with E-state index in [0.29, 0.717) is 23.3 Å². The summed E-state index contributed by atoms with van der Waals surface area (Å²) in [5, 5.41) is 5.19. The van der Waals surface area contributed by atoms with Crippen LogP contribution < -0.4 is 15.4 Å². The van der Waals surface area contributed by atoms with Gasteiger partial charge in [0.05, 0.1) is 11.1 Å². The van der Waals surface area contributed by atoms with Gasteiger partial charge in [0.25, 0.3) is 17.7 Å². The molecule has 28 heavy (non-hydrogen) atoms. The molecule has 142 valence electrons. The summed E-state index contributed by atoms with van der Waals surface area (Å²) in [6.45, 7) is 0.0828. The quantitative estimate of drug-likeness (QED) is 0.758. The van der Waals surface area contributed by atoms with Crippen LogP contribution in [-0.2, 0) is 9.59 Å². The number of hydrogen-bond acceptors (Lipinski definition) is 6. The molecule has 2 aliphatic rings. The van der Waals surface area contributed by atoms with Crippen molar-refractivity contribution in [1.29, 1.82) is 0 Å². The lowest BCUT2D eigenvalue weighted by Gasteiger charge is -2.17. The van der Waals surface area contributed by atoms with Crippen molar-refractivity contribution in [3.63, 3.8) is 0 Å². The molecule has 9 nitrogen and oxygen atoms in total. The van der Waals surface area contributed by atoms with Gasteiger partial charge in [-0.25, -0.2) is 4.98 Å². The molecule has 0 saturated heterocycles. The van der Waals surface area contributed by atoms with Crippen LogP contribution in [0.3, 0.4) is 0 Å². The lowest BCUT2D eigenvalue weighted by Crippen LogP contribution is -2.31. The third-order valence-electron chi connectivity index (χ3n) is 4.41. The van der Waals surface area contributed by atoms with E-state index in [1.54, 1.807) is 36.4 Å². The molecule has 4 rings (SSSR count). The number of fused-ring (bicyclic) bond motifs is 2. The van der Waals surface area contributed by atoms with Crippen molar-refractivity contribution >= 4 is 35.3 Å². The molecule has 1 aromatic carbocycles. The first kappa shape index (κ1) is 17.7. The standard InChI is InChI=1S/C19H16N4O5/c24-15(20-14-8-7-13-17(21-14)22-16(25)10-28-13)6-3-9-23-18(26)11-4-1-2-5-12(11)19(23)27/h1-2,4-5,7-8H,3,6,9-10H2,(H2,20,21,22,24,25). The Bertz CT molecular complexity index is 969. The highest BCUT2D eigenvalue weighted by molar-refractivity contribution is 6.21. The maximum Gasteiger partial charge on any atom is 0.263 e. The first-order valence-corrected chi connectivity index (χ1v) is 8.72. The molecule has 0 saturated carbocycles. The van der Waals surface area contributed by atoms with Gasteiger partial charge >= 0.3 is 0 Å². The van der Waals surface area contributed by atoms with Crippen LogP contribution in [0.25, 0.3) is 0 Å². The highest BCUT2D eigenvalue weighted by atomic mass is 16.5. The van der Waals surface area contributed by atoms with Crippen molar-refractivity contribution in [3.05, 3.63) is 47.5 Å². The topological polar surface area (TPSA) is 118 Å². The SMILES string of the molecule is O=C(CCCN1C(=O)c2ccccc2C1=O)Nc1ccc2c(n1)NC(=O)CO2. The first-order chi connectivity index (χ1) is 13.5. The molecular formula is C19H16N4O5. The monoisotopic (exact) mass is 380 g/mol. The number of ether oxygens (including phenoxy) is 1. The number of imide groups is 1. The Hall–Kier alpha value is -3.75. The molecule has 0 radical (unpaired) electrons. The number of hydrogen-bond donors (Lipinski definition) is 2. The van der Waals surface area contributed by atoms with Gasteiger partial charge in [0.2, 0.25) is 5.91 Å². The Kier molecular flexibility index (Phi) is 4.48. The fourth-order valence-electron chi connectivity index (χ4n) is 3.08. The molecule has 0 fully saturated rings. The largest absolute Gasteiger partial charge is 0.480 e. The van der Waals surface area contributed by atoms with Crippen molar-refractivity contribution in [2.24, 2.45) is 0 Å². The van der Waals surface area contributed by atoms with Gasteiger partial charge in [-0.3, -0.25) is 24.1 Å². The van der Waals surface area contributed by atoms with Crippen molar-refractivity contribution in [2.75, 3.05) is 23.8 Å². The summed E-state index contributed by atoms with van der Waals surface area (Å²) in [7, 11) is 0. The fraction of sp³-hybridized carbons (Fsp3) is 0.211. The van der Waals surface area contributed by atoms with Gasteiger partial charge in [0.15, 0.2) is 18.2 Å². The number of pyridine rings is 1. The van der Waals surface area contributed by atoms with E-state index >= 15 is 0 Å². The molecule has 0 aliphatic carbocycles. The van der Waals surface area contributed by atoms with Crippen LogP contribution in [0, 0.1) is 0 Å². The summed E-state index contributed by atoms with van der Waals surface area (Å²) in [4.78, 5) is 53.3. The average molecular weight is 380 g/mol. The molecule has 3 heterocycles. The molecule has 2 N–H and O–H groups in total. The Morgan fingerprint density at radius 1 is 1.11 bits per heavy atom. The molecule has 9 heteroatoms. The van der Waals surface area contributed by atoms with Gasteiger partial charge in [-0.15, -0.1) is 0 Å². The maximum absolute atomic E-state index is 12.3. The van der Waals surface area contributed by atoms with Gasteiger partial charge in [0, 0.05) is 13.0 Å². The van der Waals surface area contributed by atoms with E-state index in [1.807, 2.05) is 0 Å². The first-order valence-electron chi connectivity index (χ1n) is 8.72. The molecular weight excluding hydrogens is 364 g/mol. The molecule has 4 amide bonds. The number of benzene rings is 1. The lowest BCUT2D eigenvalue weighted by molar-refractivity contribution is -0.118. The normalized spacial score (nSPS) is 14.9. The van der Waals surface area contributed by atoms with Crippen LogP contribution >= 0.6 is 0 Å². The summed E-state index contributed by atoms with van der Waals surface area (Å²) in [6, 6.07) is 9.83. The highest BCUT2D eigenvalue weighted by Gasteiger charge is 2.34. The molecule has 0 atom stereocenters. The van der Waals surface area contributed by atoms with E-state index < -0.39 is 0 Å². The van der Waals surface area contributed by atoms with E-state index in [4.69, 9.17) is 4.74 Å². The average Bonchev–Trinajstić information content (AvgIpc) is 2.93. The second kappa shape index (κ2) is 7.10. The Morgan fingerprint density at radius 3 is 2.54 bits per heavy atom. The van der Waals surface area contributed by atoms with Gasteiger partial charge in [-0.2, -0.15) is 0 Å². The van der Waals surface area contributed by atoms with Gasteiger partial charge in [-0.05, 0) is 30.7 Å². The minimum absolute atomic E-state index is 0.0712. The van der Waals surface area contributed by atoms with Crippen molar-refractivity contribution in [1.82, 2.24) is 9.88 Å². The highest BCUT2D eigenvalue weighted by Crippen LogP contribution is 2.27. The number of aromatic nitrogens is 1. The number of nitrogens with one attached hydrogen (secondary N) is 2. The van der Waals surface area contributed by atoms with Crippen LogP contribution in [0.15, 0.2) is 36.4 Å². The van der Waals surface area contributed by atoms with E-state index in [-0.39, 0.29) is 54.8 Å². The van der Waals surface area contributed by atoms with Gasteiger partial charge < -0.3 is 15.4 Å². The second-order valence-corrected chi connectivity index (χ2v) is 6.34. The van der Waals surface area contributed by atoms with Crippen LogP contribution in [0.2, 0.25) is 0 Å². The summed E-state index contributed by atoms with van der Waals surface area (Å²) < 4.78 is 5.21. The predicted octanol–water partition coefficient (Wildman–Crippen LogP) is 1.43. The van der Waals surface area contributed by atoms with Crippen LogP contribution in [-0.4, -0.2) is 46.7 Å². The molecule has 0 spiro atoms. The van der Waals surface area contributed by atoms with E-state index in [2.05, 4.69) is 15.6 Å². The van der Waals surface area contributed by atoms with Gasteiger partial charge in [0.1, 0.15) is 5.82 Å². The zero-order valence-corrected chi connectivity index (χ0v) is 14.7. The van der Waals surface area contributed by atoms with E-state index in [9.17, 15) is 19.2 Å². The smallest absolute Gasteiger partial charge is 0.263 e. The molecule has 2 aromatic rings. The van der Waals surface area contributed by atoms with Crippen molar-refractivity contribution < 1.29 is 23.9 Å². The minimum atomic E-state index is -0.340. The summed E-state index contributed by atoms with van der Waals surface area (Å²) >= 11 is 0. The second-order valence-electron chi connectivity index (χ2n) is 6.34. The van der Waals surface area contributed by atoms with Crippen LogP contribution in [0.4, 0.5) is 11.6 Å². The number of carbonyl (C=O) groups is 4. The summed E-state index contributed by atoms with van der Waals surface area (Å²) in [5.74, 6) is -0.351. The number of rotatable bonds is 5. The van der Waals surface area contributed by atoms with E-state index in [1.165, 1.54) is 0 Å². The zero-order chi connectivity index (χ0) is 19.7. The third kappa shape index (κ3) is 3.29. The Balaban J connectivity index is 1.31. The number of amides is 4. The number of anilines is 2. The molecule has 1 aromatic heterocycles. The number of carbonyl (C=O) groups excluding carboxylic acids is 4. The predicted molar refractivity (Wildman–Crippen MR) is 98.0 cm³/mol. The molecule has 0 bridgehead atoms. The molecule has 2 aliphatic heterocycles. The van der Waals surface area contributed by atoms with Crippen LogP contribution in [0.5, 0.6) is 5.75 Å².